The third-order valence-electron chi connectivity index (χ3n) is 3.57. The molecule has 23 heavy (non-hydrogen) atoms. The molecule has 0 aliphatic heterocycles. The van der Waals surface area contributed by atoms with Crippen molar-refractivity contribution in [2.24, 2.45) is 5.92 Å². The molecule has 2 aromatic rings. The highest BCUT2D eigenvalue weighted by Gasteiger charge is 2.39. The summed E-state index contributed by atoms with van der Waals surface area (Å²) in [4.78, 5) is 24.1. The van der Waals surface area contributed by atoms with Gasteiger partial charge in [-0.2, -0.15) is 13.2 Å². The Labute approximate surface area is 130 Å². The summed E-state index contributed by atoms with van der Waals surface area (Å²) in [6.45, 7) is 0. The van der Waals surface area contributed by atoms with Gasteiger partial charge in [0.2, 0.25) is 0 Å². The summed E-state index contributed by atoms with van der Waals surface area (Å²) in [7, 11) is 0. The van der Waals surface area contributed by atoms with Crippen molar-refractivity contribution in [3.05, 3.63) is 53.9 Å². The van der Waals surface area contributed by atoms with E-state index in [9.17, 15) is 18.0 Å². The SMILES string of the molecule is O=C(NC(c1ncccn1)C1CC1)c1ncccc1C(F)(F)F. The lowest BCUT2D eigenvalue weighted by Crippen LogP contribution is -2.33. The van der Waals surface area contributed by atoms with E-state index in [1.807, 2.05) is 0 Å². The largest absolute Gasteiger partial charge is 0.418 e. The van der Waals surface area contributed by atoms with Crippen LogP contribution in [0.2, 0.25) is 0 Å². The Bertz CT molecular complexity index is 701. The monoisotopic (exact) mass is 322 g/mol. The van der Waals surface area contributed by atoms with Gasteiger partial charge in [0, 0.05) is 18.6 Å². The second kappa shape index (κ2) is 5.94. The standard InChI is InChI=1S/C15H13F3N4O/c16-15(17,18)10-3-1-6-19-12(10)14(23)22-11(9-4-5-9)13-20-7-2-8-21-13/h1-3,6-9,11H,4-5H2,(H,22,23). The van der Waals surface area contributed by atoms with Crippen LogP contribution in [0.15, 0.2) is 36.8 Å². The smallest absolute Gasteiger partial charge is 0.340 e. The fourth-order valence-corrected chi connectivity index (χ4v) is 2.32. The summed E-state index contributed by atoms with van der Waals surface area (Å²) < 4.78 is 39.0. The molecule has 2 aromatic heterocycles. The molecule has 1 saturated carbocycles. The van der Waals surface area contributed by atoms with Gasteiger partial charge in [0.15, 0.2) is 5.82 Å². The van der Waals surface area contributed by atoms with Crippen molar-refractivity contribution < 1.29 is 18.0 Å². The Kier molecular flexibility index (Phi) is 3.97. The Balaban J connectivity index is 1.86. The zero-order valence-electron chi connectivity index (χ0n) is 11.9. The van der Waals surface area contributed by atoms with Crippen LogP contribution in [-0.4, -0.2) is 20.9 Å². The highest BCUT2D eigenvalue weighted by molar-refractivity contribution is 5.94. The van der Waals surface area contributed by atoms with E-state index in [1.165, 1.54) is 12.4 Å². The van der Waals surface area contributed by atoms with Crippen LogP contribution in [0.1, 0.15) is 40.8 Å². The molecule has 1 fully saturated rings. The van der Waals surface area contributed by atoms with E-state index in [4.69, 9.17) is 0 Å². The van der Waals surface area contributed by atoms with Gasteiger partial charge in [-0.05, 0) is 37.0 Å². The van der Waals surface area contributed by atoms with Crippen molar-refractivity contribution in [3.8, 4) is 0 Å². The molecule has 1 N–H and O–H groups in total. The second-order valence-corrected chi connectivity index (χ2v) is 5.29. The lowest BCUT2D eigenvalue weighted by molar-refractivity contribution is -0.138. The number of halogens is 3. The van der Waals surface area contributed by atoms with Gasteiger partial charge in [-0.3, -0.25) is 9.78 Å². The summed E-state index contributed by atoms with van der Waals surface area (Å²) in [6.07, 6.45) is 1.33. The average Bonchev–Trinajstić information content (AvgIpc) is 3.37. The summed E-state index contributed by atoms with van der Waals surface area (Å²) in [6, 6.07) is 3.12. The summed E-state index contributed by atoms with van der Waals surface area (Å²) in [5.74, 6) is -0.338. The van der Waals surface area contributed by atoms with E-state index in [0.29, 0.717) is 5.82 Å². The van der Waals surface area contributed by atoms with Crippen LogP contribution in [0.5, 0.6) is 0 Å². The van der Waals surface area contributed by atoms with Crippen molar-refractivity contribution in [1.29, 1.82) is 0 Å². The maximum atomic E-state index is 13.0. The van der Waals surface area contributed by atoms with E-state index in [-0.39, 0.29) is 5.92 Å². The lowest BCUT2D eigenvalue weighted by atomic mass is 10.1. The number of aromatic nitrogens is 3. The number of amides is 1. The van der Waals surface area contributed by atoms with Crippen LogP contribution >= 0.6 is 0 Å². The first-order chi connectivity index (χ1) is 11.0. The van der Waals surface area contributed by atoms with E-state index >= 15 is 0 Å². The molecule has 0 aromatic carbocycles. The van der Waals surface area contributed by atoms with Gasteiger partial charge in [0.05, 0.1) is 11.6 Å². The Morgan fingerprint density at radius 2 is 1.78 bits per heavy atom. The number of carbonyl (C=O) groups is 1. The van der Waals surface area contributed by atoms with Gasteiger partial charge < -0.3 is 5.32 Å². The summed E-state index contributed by atoms with van der Waals surface area (Å²) in [5, 5.41) is 2.60. The Morgan fingerprint density at radius 1 is 1.13 bits per heavy atom. The molecule has 0 saturated heterocycles. The number of nitrogens with zero attached hydrogens (tertiary/aromatic N) is 3. The minimum atomic E-state index is -4.64. The molecule has 2 heterocycles. The van der Waals surface area contributed by atoms with E-state index in [0.717, 1.165) is 31.2 Å². The van der Waals surface area contributed by atoms with Crippen molar-refractivity contribution in [1.82, 2.24) is 20.3 Å². The van der Waals surface area contributed by atoms with Crippen LogP contribution in [0.4, 0.5) is 13.2 Å². The van der Waals surface area contributed by atoms with Crippen molar-refractivity contribution in [2.45, 2.75) is 25.1 Å². The fourth-order valence-electron chi connectivity index (χ4n) is 2.32. The molecule has 1 aliphatic rings. The first-order valence-electron chi connectivity index (χ1n) is 7.07. The highest BCUT2D eigenvalue weighted by atomic mass is 19.4. The summed E-state index contributed by atoms with van der Waals surface area (Å²) >= 11 is 0. The first kappa shape index (κ1) is 15.4. The number of hydrogen-bond donors (Lipinski definition) is 1. The van der Waals surface area contributed by atoms with E-state index in [2.05, 4.69) is 20.3 Å². The van der Waals surface area contributed by atoms with Gasteiger partial charge in [-0.25, -0.2) is 9.97 Å². The second-order valence-electron chi connectivity index (χ2n) is 5.29. The van der Waals surface area contributed by atoms with Crippen LogP contribution < -0.4 is 5.32 Å². The predicted molar refractivity (Wildman–Crippen MR) is 74.2 cm³/mol. The van der Waals surface area contributed by atoms with Gasteiger partial charge >= 0.3 is 6.18 Å². The number of rotatable bonds is 4. The maximum Gasteiger partial charge on any atom is 0.418 e. The molecular weight excluding hydrogens is 309 g/mol. The first-order valence-corrected chi connectivity index (χ1v) is 7.07. The molecule has 0 bridgehead atoms. The molecule has 1 unspecified atom stereocenters. The van der Waals surface area contributed by atoms with Crippen molar-refractivity contribution in [3.63, 3.8) is 0 Å². The predicted octanol–water partition coefficient (Wildman–Crippen LogP) is 2.77. The molecule has 3 rings (SSSR count). The quantitative estimate of drug-likeness (QED) is 0.940. The Morgan fingerprint density at radius 3 is 2.39 bits per heavy atom. The minimum Gasteiger partial charge on any atom is -0.340 e. The molecular formula is C15H13F3N4O. The zero-order valence-corrected chi connectivity index (χ0v) is 11.9. The third-order valence-corrected chi connectivity index (χ3v) is 3.57. The van der Waals surface area contributed by atoms with Gasteiger partial charge in [-0.15, -0.1) is 0 Å². The Hall–Kier alpha value is -2.51. The average molecular weight is 322 g/mol. The molecule has 8 heteroatoms. The van der Waals surface area contributed by atoms with Gasteiger partial charge in [0.1, 0.15) is 5.69 Å². The molecule has 0 spiro atoms. The maximum absolute atomic E-state index is 13.0. The molecule has 1 aliphatic carbocycles. The lowest BCUT2D eigenvalue weighted by Gasteiger charge is -2.18. The van der Waals surface area contributed by atoms with Crippen molar-refractivity contribution in [2.75, 3.05) is 0 Å². The van der Waals surface area contributed by atoms with Gasteiger partial charge in [-0.1, -0.05) is 0 Å². The normalized spacial score (nSPS) is 16.0. The topological polar surface area (TPSA) is 67.8 Å². The zero-order chi connectivity index (χ0) is 16.4. The molecule has 120 valence electrons. The fraction of sp³-hybridized carbons (Fsp3) is 0.333. The van der Waals surface area contributed by atoms with Crippen LogP contribution in [0.3, 0.4) is 0 Å². The van der Waals surface area contributed by atoms with E-state index < -0.39 is 29.4 Å². The molecule has 5 nitrogen and oxygen atoms in total. The van der Waals surface area contributed by atoms with Crippen LogP contribution in [0, 0.1) is 5.92 Å². The summed E-state index contributed by atoms with van der Waals surface area (Å²) in [5.41, 5.74) is -1.69. The van der Waals surface area contributed by atoms with E-state index in [1.54, 1.807) is 6.07 Å². The van der Waals surface area contributed by atoms with Crippen LogP contribution in [-0.2, 0) is 6.18 Å². The number of carbonyl (C=O) groups excluding carboxylic acids is 1. The minimum absolute atomic E-state index is 0.138. The number of hydrogen-bond acceptors (Lipinski definition) is 4. The third kappa shape index (κ3) is 3.46. The molecule has 1 atom stereocenters. The molecule has 0 radical (unpaired) electrons. The van der Waals surface area contributed by atoms with Crippen molar-refractivity contribution >= 4 is 5.91 Å². The molecule has 1 amide bonds. The van der Waals surface area contributed by atoms with Crippen LogP contribution in [0.25, 0.3) is 0 Å². The number of nitrogens with one attached hydrogen (secondary N) is 1. The number of pyridine rings is 1. The highest BCUT2D eigenvalue weighted by Crippen LogP contribution is 2.40. The number of alkyl halides is 3. The van der Waals surface area contributed by atoms with Gasteiger partial charge in [0.25, 0.3) is 5.91 Å².